The summed E-state index contributed by atoms with van der Waals surface area (Å²) in [5.74, 6) is 0.169. The summed E-state index contributed by atoms with van der Waals surface area (Å²) < 4.78 is 6.36. The van der Waals surface area contributed by atoms with Crippen LogP contribution in [0.1, 0.15) is 22.9 Å². The number of hydrogen-bond acceptors (Lipinski definition) is 5. The maximum Gasteiger partial charge on any atom is 0.336 e. The molecule has 126 valence electrons. The molecule has 0 fully saturated rings. The Morgan fingerprint density at radius 1 is 1.21 bits per heavy atom. The monoisotopic (exact) mass is 407 g/mol. The summed E-state index contributed by atoms with van der Waals surface area (Å²) in [5, 5.41) is 10.9. The van der Waals surface area contributed by atoms with Gasteiger partial charge in [-0.25, -0.2) is 4.79 Å². The molecule has 2 heterocycles. The van der Waals surface area contributed by atoms with Crippen LogP contribution in [0.4, 0.5) is 0 Å². The fraction of sp³-hybridized carbons (Fsp3) is 0.278. The van der Waals surface area contributed by atoms with Crippen molar-refractivity contribution >= 4 is 38.2 Å². The Morgan fingerprint density at radius 2 is 2.00 bits per heavy atom. The van der Waals surface area contributed by atoms with Gasteiger partial charge in [0, 0.05) is 35.5 Å². The predicted molar refractivity (Wildman–Crippen MR) is 101 cm³/mol. The van der Waals surface area contributed by atoms with Crippen LogP contribution < -0.4 is 5.63 Å². The van der Waals surface area contributed by atoms with E-state index in [1.54, 1.807) is 17.4 Å². The Hall–Kier alpha value is -1.63. The SMILES string of the molecule is CCc1cc2c(CN(C)Cc3ccc(Br)s3)cc(=O)oc2cc1O. The Bertz CT molecular complexity index is 932. The topological polar surface area (TPSA) is 53.7 Å². The lowest BCUT2D eigenvalue weighted by atomic mass is 10.0. The predicted octanol–water partition coefficient (Wildman–Crippen LogP) is 4.52. The summed E-state index contributed by atoms with van der Waals surface area (Å²) in [4.78, 5) is 15.3. The molecule has 0 aliphatic carbocycles. The van der Waals surface area contributed by atoms with E-state index in [9.17, 15) is 9.90 Å². The third-order valence-corrected chi connectivity index (χ3v) is 5.51. The second-order valence-corrected chi connectivity index (χ2v) is 8.35. The molecule has 0 unspecified atom stereocenters. The molecule has 0 spiro atoms. The molecule has 0 atom stereocenters. The Labute approximate surface area is 152 Å². The van der Waals surface area contributed by atoms with E-state index in [4.69, 9.17) is 4.42 Å². The summed E-state index contributed by atoms with van der Waals surface area (Å²) >= 11 is 5.18. The minimum atomic E-state index is -0.395. The van der Waals surface area contributed by atoms with Crippen molar-refractivity contribution in [3.8, 4) is 5.75 Å². The lowest BCUT2D eigenvalue weighted by Gasteiger charge is -2.17. The van der Waals surface area contributed by atoms with Gasteiger partial charge in [-0.15, -0.1) is 11.3 Å². The van der Waals surface area contributed by atoms with E-state index < -0.39 is 5.63 Å². The van der Waals surface area contributed by atoms with E-state index >= 15 is 0 Å². The largest absolute Gasteiger partial charge is 0.508 e. The van der Waals surface area contributed by atoms with E-state index in [2.05, 4.69) is 26.9 Å². The van der Waals surface area contributed by atoms with Gasteiger partial charge in [-0.3, -0.25) is 4.90 Å². The van der Waals surface area contributed by atoms with Crippen LogP contribution in [0, 0.1) is 0 Å². The van der Waals surface area contributed by atoms with Gasteiger partial charge in [-0.2, -0.15) is 0 Å². The minimum Gasteiger partial charge on any atom is -0.508 e. The molecule has 0 bridgehead atoms. The maximum atomic E-state index is 11.8. The number of fused-ring (bicyclic) bond motifs is 1. The van der Waals surface area contributed by atoms with Gasteiger partial charge in [-0.1, -0.05) is 6.92 Å². The molecule has 1 N–H and O–H groups in total. The third kappa shape index (κ3) is 3.71. The molecule has 0 saturated carbocycles. The van der Waals surface area contributed by atoms with Gasteiger partial charge in [0.25, 0.3) is 0 Å². The molecule has 6 heteroatoms. The summed E-state index contributed by atoms with van der Waals surface area (Å²) in [5.41, 5.74) is 1.80. The number of aryl methyl sites for hydroxylation is 1. The van der Waals surface area contributed by atoms with Crippen LogP contribution in [-0.2, 0) is 19.5 Å². The number of rotatable bonds is 5. The fourth-order valence-electron chi connectivity index (χ4n) is 2.77. The number of thiophene rings is 1. The van der Waals surface area contributed by atoms with Gasteiger partial charge in [0.2, 0.25) is 0 Å². The molecule has 0 amide bonds. The van der Waals surface area contributed by atoms with Gasteiger partial charge in [0.1, 0.15) is 11.3 Å². The first-order valence-corrected chi connectivity index (χ1v) is 9.28. The molecule has 0 aliphatic heterocycles. The Morgan fingerprint density at radius 3 is 2.67 bits per heavy atom. The van der Waals surface area contributed by atoms with Gasteiger partial charge >= 0.3 is 5.63 Å². The minimum absolute atomic E-state index is 0.169. The second kappa shape index (κ2) is 7.09. The van der Waals surface area contributed by atoms with Gasteiger partial charge in [0.15, 0.2) is 0 Å². The lowest BCUT2D eigenvalue weighted by Crippen LogP contribution is -2.18. The Balaban J connectivity index is 1.94. The Kier molecular flexibility index (Phi) is 5.08. The van der Waals surface area contributed by atoms with E-state index in [0.29, 0.717) is 12.1 Å². The third-order valence-electron chi connectivity index (χ3n) is 3.91. The molecule has 3 aromatic rings. The number of halogens is 1. The first-order chi connectivity index (χ1) is 11.5. The summed E-state index contributed by atoms with van der Waals surface area (Å²) in [6, 6.07) is 9.13. The highest BCUT2D eigenvalue weighted by atomic mass is 79.9. The molecule has 0 aliphatic rings. The second-order valence-electron chi connectivity index (χ2n) is 5.80. The van der Waals surface area contributed by atoms with Crippen LogP contribution in [0.2, 0.25) is 0 Å². The molecule has 0 saturated heterocycles. The van der Waals surface area contributed by atoms with Crippen LogP contribution in [0.15, 0.2) is 43.3 Å². The number of phenols is 1. The average Bonchev–Trinajstić information content (AvgIpc) is 2.91. The summed E-state index contributed by atoms with van der Waals surface area (Å²) in [7, 11) is 2.02. The van der Waals surface area contributed by atoms with Crippen molar-refractivity contribution in [2.24, 2.45) is 0 Å². The molecule has 1 aromatic carbocycles. The molecular formula is C18H18BrNO3S. The van der Waals surface area contributed by atoms with Gasteiger partial charge in [-0.05, 0) is 58.7 Å². The number of nitrogens with zero attached hydrogens (tertiary/aromatic N) is 1. The van der Waals surface area contributed by atoms with E-state index in [1.807, 2.05) is 26.1 Å². The van der Waals surface area contributed by atoms with Gasteiger partial charge in [0.05, 0.1) is 3.79 Å². The first kappa shape index (κ1) is 17.2. The number of aromatic hydroxyl groups is 1. The van der Waals surface area contributed by atoms with Crippen molar-refractivity contribution < 1.29 is 9.52 Å². The fourth-order valence-corrected chi connectivity index (χ4v) is 4.33. The normalized spacial score (nSPS) is 11.5. The zero-order chi connectivity index (χ0) is 17.3. The lowest BCUT2D eigenvalue weighted by molar-refractivity contribution is 0.322. The highest BCUT2D eigenvalue weighted by molar-refractivity contribution is 9.11. The molecule has 3 rings (SSSR count). The highest BCUT2D eigenvalue weighted by Gasteiger charge is 2.12. The van der Waals surface area contributed by atoms with E-state index in [0.717, 1.165) is 33.3 Å². The molecule has 4 nitrogen and oxygen atoms in total. The van der Waals surface area contributed by atoms with Crippen LogP contribution in [0.25, 0.3) is 11.0 Å². The number of benzene rings is 1. The van der Waals surface area contributed by atoms with Crippen molar-refractivity contribution in [3.05, 3.63) is 60.5 Å². The zero-order valence-corrected chi connectivity index (χ0v) is 15.9. The van der Waals surface area contributed by atoms with Crippen LogP contribution >= 0.6 is 27.3 Å². The molecular weight excluding hydrogens is 390 g/mol. The highest BCUT2D eigenvalue weighted by Crippen LogP contribution is 2.28. The molecule has 2 aromatic heterocycles. The standard InChI is InChI=1S/C18H18BrNO3S/c1-3-11-6-14-12(7-18(22)23-16(14)8-15(11)21)9-20(2)10-13-4-5-17(19)24-13/h4-8,21H,3,9-10H2,1-2H3. The van der Waals surface area contributed by atoms with Crippen molar-refractivity contribution in [2.45, 2.75) is 26.4 Å². The zero-order valence-electron chi connectivity index (χ0n) is 13.5. The maximum absolute atomic E-state index is 11.8. The average molecular weight is 408 g/mol. The van der Waals surface area contributed by atoms with Crippen molar-refractivity contribution in [1.82, 2.24) is 4.90 Å². The number of hydrogen-bond donors (Lipinski definition) is 1. The number of phenolic OH excluding ortho intramolecular Hbond substituents is 1. The van der Waals surface area contributed by atoms with E-state index in [1.165, 1.54) is 10.9 Å². The van der Waals surface area contributed by atoms with E-state index in [-0.39, 0.29) is 5.75 Å². The van der Waals surface area contributed by atoms with Crippen LogP contribution in [0.5, 0.6) is 5.75 Å². The quantitative estimate of drug-likeness (QED) is 0.631. The van der Waals surface area contributed by atoms with Crippen molar-refractivity contribution in [2.75, 3.05) is 7.05 Å². The summed E-state index contributed by atoms with van der Waals surface area (Å²) in [6.45, 7) is 3.42. The van der Waals surface area contributed by atoms with Crippen molar-refractivity contribution in [1.29, 1.82) is 0 Å². The smallest absolute Gasteiger partial charge is 0.336 e. The van der Waals surface area contributed by atoms with Crippen LogP contribution in [-0.4, -0.2) is 17.1 Å². The molecule has 0 radical (unpaired) electrons. The first-order valence-electron chi connectivity index (χ1n) is 7.67. The summed E-state index contributed by atoms with van der Waals surface area (Å²) in [6.07, 6.45) is 0.722. The van der Waals surface area contributed by atoms with Crippen LogP contribution in [0.3, 0.4) is 0 Å². The molecule has 24 heavy (non-hydrogen) atoms. The van der Waals surface area contributed by atoms with Crippen molar-refractivity contribution in [3.63, 3.8) is 0 Å². The van der Waals surface area contributed by atoms with Gasteiger partial charge < -0.3 is 9.52 Å².